The fourth-order valence-electron chi connectivity index (χ4n) is 7.13. The summed E-state index contributed by atoms with van der Waals surface area (Å²) in [5.74, 6) is 1.78. The lowest BCUT2D eigenvalue weighted by Crippen LogP contribution is -2.49. The number of halogens is 1. The zero-order valence-electron chi connectivity index (χ0n) is 26.3. The van der Waals surface area contributed by atoms with Gasteiger partial charge in [-0.05, 0) is 63.9 Å². The summed E-state index contributed by atoms with van der Waals surface area (Å²) in [6, 6.07) is 10.1. The Balaban J connectivity index is 1.15. The lowest BCUT2D eigenvalue weighted by Gasteiger charge is -2.41. The number of piperazine rings is 1. The summed E-state index contributed by atoms with van der Waals surface area (Å²) < 4.78 is 9.78. The van der Waals surface area contributed by atoms with Crippen molar-refractivity contribution in [2.24, 2.45) is 7.05 Å². The van der Waals surface area contributed by atoms with Crippen molar-refractivity contribution in [2.45, 2.75) is 44.6 Å². The Morgan fingerprint density at radius 3 is 2.56 bits per heavy atom. The van der Waals surface area contributed by atoms with E-state index in [1.165, 1.54) is 25.9 Å². The van der Waals surface area contributed by atoms with E-state index in [9.17, 15) is 4.79 Å². The number of amides is 1. The number of methoxy groups -OCH3 is 1. The van der Waals surface area contributed by atoms with Crippen LogP contribution in [0.1, 0.15) is 53.6 Å². The number of aromatic nitrogens is 5. The van der Waals surface area contributed by atoms with Gasteiger partial charge in [-0.1, -0.05) is 17.7 Å². The number of likely N-dealkylation sites (N-methyl/N-ethyl adjacent to an activating group) is 1. The molecule has 10 nitrogen and oxygen atoms in total. The Morgan fingerprint density at radius 2 is 1.80 bits per heavy atom. The van der Waals surface area contributed by atoms with Gasteiger partial charge in [-0.25, -0.2) is 9.97 Å². The normalized spacial score (nSPS) is 19.8. The highest BCUT2D eigenvalue weighted by Gasteiger charge is 2.31. The average molecular weight is 627 g/mol. The zero-order chi connectivity index (χ0) is 31.2. The molecule has 5 heterocycles. The minimum atomic E-state index is -0.264. The Kier molecular flexibility index (Phi) is 7.97. The van der Waals surface area contributed by atoms with Crippen LogP contribution < -0.4 is 10.1 Å². The van der Waals surface area contributed by atoms with Gasteiger partial charge in [0.1, 0.15) is 22.9 Å². The van der Waals surface area contributed by atoms with E-state index >= 15 is 0 Å². The SMILES string of the molecule is COc1cc(-c2nc([C@H]3CC[C@H](N4CCN(C)CC4)CC3)n3ccnc(C)c23)ccc1NC(=O)c1cc2cc(Cl)cnc2n1C. The summed E-state index contributed by atoms with van der Waals surface area (Å²) in [5, 5.41) is 4.35. The average Bonchev–Trinajstić information content (AvgIpc) is 3.60. The number of anilines is 1. The number of benzene rings is 1. The molecule has 0 radical (unpaired) electrons. The van der Waals surface area contributed by atoms with E-state index in [-0.39, 0.29) is 5.91 Å². The monoisotopic (exact) mass is 626 g/mol. The first kappa shape index (κ1) is 29.7. The highest BCUT2D eigenvalue weighted by molar-refractivity contribution is 6.31. The molecule has 0 bridgehead atoms. The highest BCUT2D eigenvalue weighted by Crippen LogP contribution is 2.39. The number of nitrogens with zero attached hydrogens (tertiary/aromatic N) is 7. The van der Waals surface area contributed by atoms with Crippen molar-refractivity contribution < 1.29 is 9.53 Å². The molecule has 11 heteroatoms. The first-order chi connectivity index (χ1) is 21.8. The fraction of sp³-hybridized carbons (Fsp3) is 0.412. The lowest BCUT2D eigenvalue weighted by molar-refractivity contribution is 0.0872. The van der Waals surface area contributed by atoms with Gasteiger partial charge in [-0.3, -0.25) is 19.1 Å². The lowest BCUT2D eigenvalue weighted by atomic mass is 9.84. The summed E-state index contributed by atoms with van der Waals surface area (Å²) in [7, 11) is 5.64. The van der Waals surface area contributed by atoms with Gasteiger partial charge in [-0.2, -0.15) is 0 Å². The van der Waals surface area contributed by atoms with Crippen LogP contribution in [0.15, 0.2) is 48.9 Å². The van der Waals surface area contributed by atoms with E-state index in [0.717, 1.165) is 59.6 Å². The Labute approximate surface area is 268 Å². The van der Waals surface area contributed by atoms with Crippen molar-refractivity contribution >= 4 is 39.7 Å². The number of hydrogen-bond donors (Lipinski definition) is 1. The van der Waals surface area contributed by atoms with Crippen LogP contribution >= 0.6 is 11.6 Å². The molecule has 2 fully saturated rings. The maximum absolute atomic E-state index is 13.4. The molecular weight excluding hydrogens is 588 g/mol. The highest BCUT2D eigenvalue weighted by atomic mass is 35.5. The van der Waals surface area contributed by atoms with Gasteiger partial charge in [0.2, 0.25) is 0 Å². The molecule has 0 spiro atoms. The third-order valence-corrected chi connectivity index (χ3v) is 9.88. The van der Waals surface area contributed by atoms with Crippen LogP contribution in [-0.2, 0) is 7.05 Å². The first-order valence-corrected chi connectivity index (χ1v) is 16.1. The number of pyridine rings is 1. The Bertz CT molecular complexity index is 1880. The third kappa shape index (κ3) is 5.55. The quantitative estimate of drug-likeness (QED) is 0.255. The molecule has 1 aromatic carbocycles. The van der Waals surface area contributed by atoms with Gasteiger partial charge in [0.05, 0.1) is 34.7 Å². The van der Waals surface area contributed by atoms with Gasteiger partial charge in [0, 0.05) is 74.7 Å². The molecule has 1 saturated carbocycles. The molecule has 0 unspecified atom stereocenters. The topological polar surface area (TPSA) is 92.8 Å². The minimum absolute atomic E-state index is 0.264. The molecule has 1 saturated heterocycles. The van der Waals surface area contributed by atoms with Crippen molar-refractivity contribution in [2.75, 3.05) is 45.7 Å². The van der Waals surface area contributed by atoms with Crippen molar-refractivity contribution in [3.8, 4) is 17.0 Å². The van der Waals surface area contributed by atoms with Crippen LogP contribution in [-0.4, -0.2) is 86.0 Å². The number of ether oxygens (including phenoxy) is 1. The van der Waals surface area contributed by atoms with E-state index in [1.54, 1.807) is 30.0 Å². The standard InChI is InChI=1S/C34H39ClN8O2/c1-21-31-30(39-33(43(31)12-11-36-21)22-5-8-26(9-6-22)42-15-13-40(2)14-16-42)23-7-10-27(29(19-23)45-4)38-34(44)28-18-24-17-25(35)20-37-32(24)41(28)3/h7,10-12,17-20,22,26H,5-6,8-9,13-16H2,1-4H3,(H,38,44)/t22-,26-. The van der Waals surface area contributed by atoms with Crippen molar-refractivity contribution in [3.63, 3.8) is 0 Å². The number of carbonyl (C=O) groups is 1. The molecule has 5 aromatic rings. The number of aryl methyl sites for hydroxylation is 2. The number of hydrogen-bond acceptors (Lipinski definition) is 7. The van der Waals surface area contributed by atoms with Crippen LogP contribution in [0.2, 0.25) is 5.02 Å². The second-order valence-corrected chi connectivity index (χ2v) is 12.9. The number of imidazole rings is 1. The number of carbonyl (C=O) groups excluding carboxylic acids is 1. The molecule has 1 aliphatic heterocycles. The molecular formula is C34H39ClN8O2. The second kappa shape index (κ2) is 12.1. The molecule has 0 atom stereocenters. The fourth-order valence-corrected chi connectivity index (χ4v) is 7.30. The maximum atomic E-state index is 13.4. The smallest absolute Gasteiger partial charge is 0.272 e. The van der Waals surface area contributed by atoms with Crippen LogP contribution in [0.3, 0.4) is 0 Å². The molecule has 7 rings (SSSR count). The number of rotatable bonds is 6. The summed E-state index contributed by atoms with van der Waals surface area (Å²) in [5.41, 5.74) is 5.46. The Hall–Kier alpha value is -3.99. The van der Waals surface area contributed by atoms with E-state index in [4.69, 9.17) is 21.3 Å². The van der Waals surface area contributed by atoms with E-state index < -0.39 is 0 Å². The van der Waals surface area contributed by atoms with Crippen LogP contribution in [0.5, 0.6) is 5.75 Å². The van der Waals surface area contributed by atoms with Crippen LogP contribution in [0.25, 0.3) is 27.8 Å². The van der Waals surface area contributed by atoms with Gasteiger partial charge >= 0.3 is 0 Å². The summed E-state index contributed by atoms with van der Waals surface area (Å²) >= 11 is 6.12. The van der Waals surface area contributed by atoms with Crippen LogP contribution in [0, 0.1) is 6.92 Å². The van der Waals surface area contributed by atoms with Gasteiger partial charge in [0.15, 0.2) is 0 Å². The van der Waals surface area contributed by atoms with Crippen molar-refractivity contribution in [1.29, 1.82) is 0 Å². The molecule has 1 N–H and O–H groups in total. The van der Waals surface area contributed by atoms with Crippen molar-refractivity contribution in [1.82, 2.24) is 33.7 Å². The Morgan fingerprint density at radius 1 is 1.02 bits per heavy atom. The molecule has 4 aromatic heterocycles. The predicted octanol–water partition coefficient (Wildman–Crippen LogP) is 5.78. The van der Waals surface area contributed by atoms with Crippen molar-refractivity contribution in [3.05, 3.63) is 71.2 Å². The largest absolute Gasteiger partial charge is 0.495 e. The summed E-state index contributed by atoms with van der Waals surface area (Å²) in [6.07, 6.45) is 10.1. The van der Waals surface area contributed by atoms with E-state index in [2.05, 4.69) is 36.5 Å². The molecule has 234 valence electrons. The molecule has 45 heavy (non-hydrogen) atoms. The molecule has 2 aliphatic rings. The van der Waals surface area contributed by atoms with E-state index in [1.807, 2.05) is 44.6 Å². The minimum Gasteiger partial charge on any atom is -0.495 e. The zero-order valence-corrected chi connectivity index (χ0v) is 27.0. The molecule has 1 amide bonds. The summed E-state index contributed by atoms with van der Waals surface area (Å²) in [6.45, 7) is 6.68. The maximum Gasteiger partial charge on any atom is 0.272 e. The summed E-state index contributed by atoms with van der Waals surface area (Å²) in [4.78, 5) is 32.8. The number of fused-ring (bicyclic) bond motifs is 2. The van der Waals surface area contributed by atoms with Crippen LogP contribution in [0.4, 0.5) is 5.69 Å². The predicted molar refractivity (Wildman–Crippen MR) is 177 cm³/mol. The van der Waals surface area contributed by atoms with E-state index in [0.29, 0.717) is 39.8 Å². The van der Waals surface area contributed by atoms with Gasteiger partial charge in [-0.15, -0.1) is 0 Å². The first-order valence-electron chi connectivity index (χ1n) is 15.7. The van der Waals surface area contributed by atoms with Gasteiger partial charge < -0.3 is 19.5 Å². The second-order valence-electron chi connectivity index (χ2n) is 12.4. The number of nitrogens with one attached hydrogen (secondary N) is 1. The van der Waals surface area contributed by atoms with Gasteiger partial charge in [0.25, 0.3) is 5.91 Å². The third-order valence-electron chi connectivity index (χ3n) is 9.67. The molecule has 1 aliphatic carbocycles.